The average Bonchev–Trinajstić information content (AvgIpc) is 3.27. The highest BCUT2D eigenvalue weighted by Gasteiger charge is 2.54. The van der Waals surface area contributed by atoms with Gasteiger partial charge in [-0.2, -0.15) is 0 Å². The van der Waals surface area contributed by atoms with Crippen LogP contribution in [0.1, 0.15) is 47.8 Å². The molecule has 2 amide bonds. The van der Waals surface area contributed by atoms with Gasteiger partial charge >= 0.3 is 5.97 Å². The van der Waals surface area contributed by atoms with Gasteiger partial charge in [0.1, 0.15) is 0 Å². The van der Waals surface area contributed by atoms with Gasteiger partial charge in [0.05, 0.1) is 17.4 Å². The maximum Gasteiger partial charge on any atom is 0.307 e. The maximum absolute atomic E-state index is 12.4. The largest absolute Gasteiger partial charge is 0.481 e. The molecule has 1 aromatic heterocycles. The van der Waals surface area contributed by atoms with Gasteiger partial charge in [0.15, 0.2) is 0 Å². The number of hydrogen-bond donors (Lipinski definition) is 3. The molecule has 0 saturated heterocycles. The number of aryl methyl sites for hydroxylation is 1. The lowest BCUT2D eigenvalue weighted by Gasteiger charge is -2.26. The smallest absolute Gasteiger partial charge is 0.307 e. The normalized spacial score (nSPS) is 27.9. The van der Waals surface area contributed by atoms with E-state index in [1.54, 1.807) is 5.38 Å². The van der Waals surface area contributed by atoms with Crippen molar-refractivity contribution in [1.29, 1.82) is 0 Å². The van der Waals surface area contributed by atoms with Crippen molar-refractivity contribution in [2.75, 3.05) is 0 Å². The van der Waals surface area contributed by atoms with Crippen molar-refractivity contribution in [1.82, 2.24) is 10.9 Å². The van der Waals surface area contributed by atoms with Crippen LogP contribution in [0.5, 0.6) is 0 Å². The highest BCUT2D eigenvalue weighted by Crippen LogP contribution is 2.52. The molecule has 0 radical (unpaired) electrons. The molecule has 4 atom stereocenters. The van der Waals surface area contributed by atoms with E-state index >= 15 is 0 Å². The van der Waals surface area contributed by atoms with E-state index in [2.05, 4.69) is 17.8 Å². The van der Waals surface area contributed by atoms with Crippen molar-refractivity contribution < 1.29 is 19.5 Å². The molecule has 3 N–H and O–H groups in total. The third-order valence-corrected chi connectivity index (χ3v) is 6.21. The van der Waals surface area contributed by atoms with Crippen LogP contribution in [-0.2, 0) is 16.0 Å². The Morgan fingerprint density at radius 2 is 1.92 bits per heavy atom. The molecule has 2 fully saturated rings. The number of amides is 2. The summed E-state index contributed by atoms with van der Waals surface area (Å²) in [5, 5.41) is 11.2. The Morgan fingerprint density at radius 1 is 1.21 bits per heavy atom. The molecule has 24 heavy (non-hydrogen) atoms. The molecular formula is C17H22N2O4S. The summed E-state index contributed by atoms with van der Waals surface area (Å²) in [4.78, 5) is 37.1. The van der Waals surface area contributed by atoms with Crippen molar-refractivity contribution >= 4 is 29.1 Å². The number of aliphatic carboxylic acids is 1. The standard InChI is InChI=1S/C17H22N2O4S/c1-2-3-12-7-11(8-24-12)15(20)18-19-16(21)13-9-4-5-10(6-9)14(13)17(22)23/h7-10,13-14H,2-6H2,1H3,(H,18,20)(H,19,21)(H,22,23)/t9-,10-,13+,14-/m0/s1. The summed E-state index contributed by atoms with van der Waals surface area (Å²) in [5.74, 6) is -2.62. The third kappa shape index (κ3) is 3.17. The van der Waals surface area contributed by atoms with Crippen molar-refractivity contribution in [3.63, 3.8) is 0 Å². The van der Waals surface area contributed by atoms with Crippen LogP contribution in [-0.4, -0.2) is 22.9 Å². The van der Waals surface area contributed by atoms with Gasteiger partial charge < -0.3 is 5.11 Å². The van der Waals surface area contributed by atoms with Gasteiger partial charge in [0.2, 0.25) is 5.91 Å². The Hall–Kier alpha value is -1.89. The van der Waals surface area contributed by atoms with E-state index in [9.17, 15) is 19.5 Å². The number of nitrogens with one attached hydrogen (secondary N) is 2. The van der Waals surface area contributed by atoms with Gasteiger partial charge in [0.25, 0.3) is 5.91 Å². The number of thiophene rings is 1. The van der Waals surface area contributed by atoms with Crippen LogP contribution in [0.15, 0.2) is 11.4 Å². The molecule has 0 unspecified atom stereocenters. The lowest BCUT2D eigenvalue weighted by Crippen LogP contribution is -2.48. The molecule has 2 aliphatic rings. The topological polar surface area (TPSA) is 95.5 Å². The molecule has 0 aliphatic heterocycles. The summed E-state index contributed by atoms with van der Waals surface area (Å²) < 4.78 is 0. The van der Waals surface area contributed by atoms with Crippen LogP contribution >= 0.6 is 11.3 Å². The lowest BCUT2D eigenvalue weighted by molar-refractivity contribution is -0.149. The molecule has 2 bridgehead atoms. The van der Waals surface area contributed by atoms with Gasteiger partial charge in [0, 0.05) is 10.3 Å². The van der Waals surface area contributed by atoms with Crippen molar-refractivity contribution in [3.8, 4) is 0 Å². The number of hydrogen-bond acceptors (Lipinski definition) is 4. The molecule has 1 aromatic rings. The SMILES string of the molecule is CCCc1cc(C(=O)NNC(=O)[C@@H]2[C@H]3CC[C@@H](C3)[C@@H]2C(=O)O)cs1. The van der Waals surface area contributed by atoms with E-state index < -0.39 is 17.8 Å². The quantitative estimate of drug-likeness (QED) is 0.710. The minimum atomic E-state index is -0.907. The monoisotopic (exact) mass is 350 g/mol. The van der Waals surface area contributed by atoms with Crippen LogP contribution in [0.4, 0.5) is 0 Å². The highest BCUT2D eigenvalue weighted by atomic mass is 32.1. The summed E-state index contributed by atoms with van der Waals surface area (Å²) in [5.41, 5.74) is 5.38. The molecule has 0 spiro atoms. The van der Waals surface area contributed by atoms with Crippen molar-refractivity contribution in [3.05, 3.63) is 21.9 Å². The predicted molar refractivity (Wildman–Crippen MR) is 89.4 cm³/mol. The van der Waals surface area contributed by atoms with Crippen LogP contribution in [0.2, 0.25) is 0 Å². The van der Waals surface area contributed by atoms with E-state index in [0.29, 0.717) is 5.56 Å². The minimum absolute atomic E-state index is 0.0902. The molecule has 1 heterocycles. The average molecular weight is 350 g/mol. The highest BCUT2D eigenvalue weighted by molar-refractivity contribution is 7.10. The summed E-state index contributed by atoms with van der Waals surface area (Å²) >= 11 is 1.52. The third-order valence-electron chi connectivity index (χ3n) is 5.22. The predicted octanol–water partition coefficient (Wildman–Crippen LogP) is 2.21. The molecule has 2 saturated carbocycles. The number of carbonyl (C=O) groups excluding carboxylic acids is 2. The zero-order chi connectivity index (χ0) is 17.3. The first-order chi connectivity index (χ1) is 11.5. The fourth-order valence-electron chi connectivity index (χ4n) is 4.17. The first-order valence-electron chi connectivity index (χ1n) is 8.41. The first kappa shape index (κ1) is 17.0. The van der Waals surface area contributed by atoms with E-state index in [0.717, 1.165) is 37.0 Å². The second-order valence-electron chi connectivity index (χ2n) is 6.72. The van der Waals surface area contributed by atoms with Gasteiger partial charge in [-0.15, -0.1) is 11.3 Å². The number of fused-ring (bicyclic) bond motifs is 2. The van der Waals surface area contributed by atoms with Gasteiger partial charge in [-0.05, 0) is 43.6 Å². The molecular weight excluding hydrogens is 328 g/mol. The Kier molecular flexibility index (Phi) is 4.89. The zero-order valence-electron chi connectivity index (χ0n) is 13.6. The fraction of sp³-hybridized carbons (Fsp3) is 0.588. The summed E-state index contributed by atoms with van der Waals surface area (Å²) in [7, 11) is 0. The molecule has 3 rings (SSSR count). The fourth-order valence-corrected chi connectivity index (χ4v) is 5.15. The van der Waals surface area contributed by atoms with Crippen LogP contribution in [0.25, 0.3) is 0 Å². The number of carboxylic acids is 1. The number of carbonyl (C=O) groups is 3. The van der Waals surface area contributed by atoms with Crippen LogP contribution in [0, 0.1) is 23.7 Å². The Morgan fingerprint density at radius 3 is 2.58 bits per heavy atom. The molecule has 7 heteroatoms. The van der Waals surface area contributed by atoms with Crippen molar-refractivity contribution in [2.24, 2.45) is 23.7 Å². The van der Waals surface area contributed by atoms with E-state index in [-0.39, 0.29) is 23.7 Å². The van der Waals surface area contributed by atoms with Gasteiger partial charge in [-0.25, -0.2) is 0 Å². The summed E-state index contributed by atoms with van der Waals surface area (Å²) in [6.45, 7) is 2.08. The second-order valence-corrected chi connectivity index (χ2v) is 7.71. The van der Waals surface area contributed by atoms with Crippen LogP contribution in [0.3, 0.4) is 0 Å². The summed E-state index contributed by atoms with van der Waals surface area (Å²) in [6, 6.07) is 1.83. The maximum atomic E-state index is 12.4. The second kappa shape index (κ2) is 6.93. The number of carboxylic acid groups (broad SMARTS) is 1. The van der Waals surface area contributed by atoms with E-state index in [1.807, 2.05) is 6.07 Å². The number of rotatable bonds is 5. The van der Waals surface area contributed by atoms with E-state index in [1.165, 1.54) is 11.3 Å². The molecule has 2 aliphatic carbocycles. The number of hydrazine groups is 1. The molecule has 0 aromatic carbocycles. The van der Waals surface area contributed by atoms with Gasteiger partial charge in [-0.1, -0.05) is 13.3 Å². The lowest BCUT2D eigenvalue weighted by atomic mass is 9.79. The Labute approximate surface area is 144 Å². The van der Waals surface area contributed by atoms with Crippen molar-refractivity contribution in [2.45, 2.75) is 39.0 Å². The van der Waals surface area contributed by atoms with Gasteiger partial charge in [-0.3, -0.25) is 25.2 Å². The molecule has 130 valence electrons. The van der Waals surface area contributed by atoms with E-state index in [4.69, 9.17) is 0 Å². The zero-order valence-corrected chi connectivity index (χ0v) is 14.4. The molecule has 6 nitrogen and oxygen atoms in total. The van der Waals surface area contributed by atoms with Crippen LogP contribution < -0.4 is 10.9 Å². The summed E-state index contributed by atoms with van der Waals surface area (Å²) in [6.07, 6.45) is 4.51. The first-order valence-corrected chi connectivity index (χ1v) is 9.29. The Balaban J connectivity index is 1.58. The Bertz CT molecular complexity index is 657. The minimum Gasteiger partial charge on any atom is -0.481 e.